The van der Waals surface area contributed by atoms with E-state index in [-0.39, 0.29) is 24.6 Å². The third kappa shape index (κ3) is 4.47. The van der Waals surface area contributed by atoms with Gasteiger partial charge in [0.1, 0.15) is 0 Å². The summed E-state index contributed by atoms with van der Waals surface area (Å²) in [4.78, 5) is 25.7. The Morgan fingerprint density at radius 3 is 2.20 bits per heavy atom. The zero-order valence-corrected chi connectivity index (χ0v) is 14.4. The van der Waals surface area contributed by atoms with Gasteiger partial charge in [0.25, 0.3) is 5.91 Å². The molecule has 0 aliphatic rings. The molecular formula is C15H20INO3. The van der Waals surface area contributed by atoms with Crippen molar-refractivity contribution in [1.29, 1.82) is 0 Å². The summed E-state index contributed by atoms with van der Waals surface area (Å²) in [6.07, 6.45) is 0. The summed E-state index contributed by atoms with van der Waals surface area (Å²) in [5.74, 6) is -0.634. The summed E-state index contributed by atoms with van der Waals surface area (Å²) >= 11 is 2.07. The first-order valence-corrected chi connectivity index (χ1v) is 7.65. The Labute approximate surface area is 133 Å². The SMILES string of the molecule is CC(C)N(C(=O)COC(=O)c1ccccc1I)C(C)C. The van der Waals surface area contributed by atoms with Crippen LogP contribution in [-0.4, -0.2) is 35.5 Å². The smallest absolute Gasteiger partial charge is 0.339 e. The molecule has 0 unspecified atom stereocenters. The van der Waals surface area contributed by atoms with Gasteiger partial charge < -0.3 is 9.64 Å². The predicted octanol–water partition coefficient (Wildman–Crippen LogP) is 3.09. The normalized spacial score (nSPS) is 10.8. The Morgan fingerprint density at radius 2 is 1.70 bits per heavy atom. The van der Waals surface area contributed by atoms with E-state index < -0.39 is 5.97 Å². The highest BCUT2D eigenvalue weighted by Gasteiger charge is 2.21. The van der Waals surface area contributed by atoms with Gasteiger partial charge in [-0.25, -0.2) is 4.79 Å². The molecule has 110 valence electrons. The van der Waals surface area contributed by atoms with E-state index in [1.165, 1.54) is 0 Å². The second-order valence-electron chi connectivity index (χ2n) is 5.04. The quantitative estimate of drug-likeness (QED) is 0.575. The van der Waals surface area contributed by atoms with Crippen LogP contribution < -0.4 is 0 Å². The number of carbonyl (C=O) groups is 2. The van der Waals surface area contributed by atoms with Gasteiger partial charge in [-0.2, -0.15) is 0 Å². The van der Waals surface area contributed by atoms with E-state index in [4.69, 9.17) is 4.74 Å². The molecule has 0 spiro atoms. The van der Waals surface area contributed by atoms with Crippen LogP contribution in [0.15, 0.2) is 24.3 Å². The van der Waals surface area contributed by atoms with Crippen molar-refractivity contribution in [2.24, 2.45) is 0 Å². The highest BCUT2D eigenvalue weighted by molar-refractivity contribution is 14.1. The van der Waals surface area contributed by atoms with Crippen molar-refractivity contribution in [2.75, 3.05) is 6.61 Å². The lowest BCUT2D eigenvalue weighted by atomic mass is 10.2. The number of benzene rings is 1. The minimum Gasteiger partial charge on any atom is -0.452 e. The number of carbonyl (C=O) groups excluding carboxylic acids is 2. The summed E-state index contributed by atoms with van der Waals surface area (Å²) in [6, 6.07) is 7.30. The summed E-state index contributed by atoms with van der Waals surface area (Å²) < 4.78 is 5.93. The van der Waals surface area contributed by atoms with E-state index in [0.717, 1.165) is 3.57 Å². The average Bonchev–Trinajstić information content (AvgIpc) is 2.35. The molecule has 4 nitrogen and oxygen atoms in total. The highest BCUT2D eigenvalue weighted by Crippen LogP contribution is 2.13. The Balaban J connectivity index is 2.65. The number of hydrogen-bond acceptors (Lipinski definition) is 3. The van der Waals surface area contributed by atoms with Crippen LogP contribution in [0.4, 0.5) is 0 Å². The Kier molecular flexibility index (Phi) is 6.45. The minimum absolute atomic E-state index is 0.0815. The van der Waals surface area contributed by atoms with Crippen LogP contribution in [0.25, 0.3) is 0 Å². The fraction of sp³-hybridized carbons (Fsp3) is 0.467. The fourth-order valence-corrected chi connectivity index (χ4v) is 2.69. The maximum absolute atomic E-state index is 12.1. The summed E-state index contributed by atoms with van der Waals surface area (Å²) in [7, 11) is 0. The van der Waals surface area contributed by atoms with E-state index in [1.54, 1.807) is 17.0 Å². The van der Waals surface area contributed by atoms with Gasteiger partial charge in [0.2, 0.25) is 0 Å². The van der Waals surface area contributed by atoms with E-state index in [0.29, 0.717) is 5.56 Å². The lowest BCUT2D eigenvalue weighted by molar-refractivity contribution is -0.138. The number of esters is 1. The van der Waals surface area contributed by atoms with Gasteiger partial charge >= 0.3 is 5.97 Å². The van der Waals surface area contributed by atoms with Crippen LogP contribution in [-0.2, 0) is 9.53 Å². The largest absolute Gasteiger partial charge is 0.452 e. The molecule has 0 aliphatic heterocycles. The standard InChI is InChI=1S/C15H20INO3/c1-10(2)17(11(3)4)14(18)9-20-15(19)12-7-5-6-8-13(12)16/h5-8,10-11H,9H2,1-4H3. The summed E-state index contributed by atoms with van der Waals surface area (Å²) in [6.45, 7) is 7.56. The fourth-order valence-electron chi connectivity index (χ4n) is 2.08. The molecule has 0 saturated heterocycles. The Hall–Kier alpha value is -1.11. The van der Waals surface area contributed by atoms with Crippen LogP contribution >= 0.6 is 22.6 Å². The van der Waals surface area contributed by atoms with Gasteiger partial charge in [0.05, 0.1) is 5.56 Å². The van der Waals surface area contributed by atoms with Crippen molar-refractivity contribution >= 4 is 34.5 Å². The monoisotopic (exact) mass is 389 g/mol. The molecule has 0 bridgehead atoms. The van der Waals surface area contributed by atoms with Gasteiger partial charge in [-0.1, -0.05) is 12.1 Å². The number of amides is 1. The number of halogens is 1. The van der Waals surface area contributed by atoms with Crippen molar-refractivity contribution in [2.45, 2.75) is 39.8 Å². The molecule has 1 aromatic carbocycles. The maximum atomic E-state index is 12.1. The molecule has 0 aliphatic carbocycles. The zero-order chi connectivity index (χ0) is 15.3. The van der Waals surface area contributed by atoms with Crippen LogP contribution in [0.3, 0.4) is 0 Å². The van der Waals surface area contributed by atoms with E-state index in [1.807, 2.05) is 39.8 Å². The van der Waals surface area contributed by atoms with Gasteiger partial charge in [0, 0.05) is 15.7 Å². The Bertz CT molecular complexity index is 478. The van der Waals surface area contributed by atoms with E-state index >= 15 is 0 Å². The molecule has 0 N–H and O–H groups in total. The van der Waals surface area contributed by atoms with Crippen LogP contribution in [0.2, 0.25) is 0 Å². The van der Waals surface area contributed by atoms with Crippen LogP contribution in [0, 0.1) is 3.57 Å². The maximum Gasteiger partial charge on any atom is 0.339 e. The molecule has 0 saturated carbocycles. The molecule has 0 radical (unpaired) electrons. The third-order valence-electron chi connectivity index (χ3n) is 2.82. The van der Waals surface area contributed by atoms with Gasteiger partial charge in [-0.05, 0) is 62.4 Å². The van der Waals surface area contributed by atoms with Gasteiger partial charge in [0.15, 0.2) is 6.61 Å². The second kappa shape index (κ2) is 7.61. The lowest BCUT2D eigenvalue weighted by Gasteiger charge is -2.30. The summed E-state index contributed by atoms with van der Waals surface area (Å²) in [5.41, 5.74) is 0.488. The third-order valence-corrected chi connectivity index (χ3v) is 3.76. The van der Waals surface area contributed by atoms with Crippen LogP contribution in [0.5, 0.6) is 0 Å². The van der Waals surface area contributed by atoms with Crippen molar-refractivity contribution < 1.29 is 14.3 Å². The first kappa shape index (κ1) is 16.9. The van der Waals surface area contributed by atoms with Crippen molar-refractivity contribution in [3.8, 4) is 0 Å². The lowest BCUT2D eigenvalue weighted by Crippen LogP contribution is -2.44. The van der Waals surface area contributed by atoms with E-state index in [2.05, 4.69) is 22.6 Å². The molecule has 20 heavy (non-hydrogen) atoms. The van der Waals surface area contributed by atoms with Crippen LogP contribution in [0.1, 0.15) is 38.1 Å². The topological polar surface area (TPSA) is 46.6 Å². The highest BCUT2D eigenvalue weighted by atomic mass is 127. The number of nitrogens with zero attached hydrogens (tertiary/aromatic N) is 1. The molecule has 0 fully saturated rings. The number of hydrogen-bond donors (Lipinski definition) is 0. The van der Waals surface area contributed by atoms with Gasteiger partial charge in [-0.15, -0.1) is 0 Å². The molecule has 1 amide bonds. The molecule has 0 heterocycles. The molecular weight excluding hydrogens is 369 g/mol. The number of rotatable bonds is 5. The number of ether oxygens (including phenoxy) is 1. The molecule has 1 aromatic rings. The first-order chi connectivity index (χ1) is 9.34. The molecule has 1 rings (SSSR count). The van der Waals surface area contributed by atoms with Crippen molar-refractivity contribution in [3.05, 3.63) is 33.4 Å². The first-order valence-electron chi connectivity index (χ1n) is 6.57. The molecule has 5 heteroatoms. The molecule has 0 atom stereocenters. The molecule has 0 aromatic heterocycles. The van der Waals surface area contributed by atoms with E-state index in [9.17, 15) is 9.59 Å². The minimum atomic E-state index is -0.462. The van der Waals surface area contributed by atoms with Crippen molar-refractivity contribution in [3.63, 3.8) is 0 Å². The summed E-state index contributed by atoms with van der Waals surface area (Å²) in [5, 5.41) is 0. The van der Waals surface area contributed by atoms with Gasteiger partial charge in [-0.3, -0.25) is 4.79 Å². The average molecular weight is 389 g/mol. The Morgan fingerprint density at radius 1 is 1.15 bits per heavy atom. The van der Waals surface area contributed by atoms with Crippen molar-refractivity contribution in [1.82, 2.24) is 4.90 Å². The predicted molar refractivity (Wildman–Crippen MR) is 86.6 cm³/mol. The second-order valence-corrected chi connectivity index (χ2v) is 6.21. The zero-order valence-electron chi connectivity index (χ0n) is 12.2.